The van der Waals surface area contributed by atoms with E-state index in [-0.39, 0.29) is 0 Å². The van der Waals surface area contributed by atoms with Crippen molar-refractivity contribution in [2.45, 2.75) is 34.1 Å². The maximum atomic E-state index is 5.08. The molecular weight excluding hydrogens is 352 g/mol. The van der Waals surface area contributed by atoms with E-state index in [0.29, 0.717) is 0 Å². The summed E-state index contributed by atoms with van der Waals surface area (Å²) in [5.41, 5.74) is 9.50. The van der Waals surface area contributed by atoms with Crippen molar-refractivity contribution in [3.05, 3.63) is 54.2 Å². The van der Waals surface area contributed by atoms with Crippen molar-refractivity contribution in [1.82, 2.24) is 19.4 Å². The van der Waals surface area contributed by atoms with Gasteiger partial charge in [0, 0.05) is 18.1 Å². The molecule has 0 amide bonds. The lowest BCUT2D eigenvalue weighted by Crippen LogP contribution is -2.04. The van der Waals surface area contributed by atoms with Crippen molar-refractivity contribution in [2.75, 3.05) is 17.9 Å². The lowest BCUT2D eigenvalue weighted by molar-refractivity contribution is 0.271. The van der Waals surface area contributed by atoms with Crippen LogP contribution in [-0.4, -0.2) is 26.5 Å². The number of rotatable bonds is 4. The molecule has 0 atom stereocenters. The third-order valence-corrected chi connectivity index (χ3v) is 4.15. The standard InChI is InChI=1S/C18H18N6O.C3H8/c1-11-7-19-8-12(2)16(11)22-18-15-9-20-10-24(15)17-13(21-18)5-4-6-14(17)23-25-3;1-3-2/h4-10,23H,1-3H3,(H,19,21,22);3H2,1-2H3. The van der Waals surface area contributed by atoms with Crippen LogP contribution in [0.5, 0.6) is 0 Å². The number of imidazole rings is 1. The normalized spacial score (nSPS) is 10.6. The van der Waals surface area contributed by atoms with Crippen LogP contribution in [-0.2, 0) is 4.84 Å². The first-order chi connectivity index (χ1) is 13.6. The molecule has 0 fully saturated rings. The highest BCUT2D eigenvalue weighted by Crippen LogP contribution is 2.30. The summed E-state index contributed by atoms with van der Waals surface area (Å²) in [5, 5.41) is 3.45. The molecule has 0 aliphatic carbocycles. The van der Waals surface area contributed by atoms with Crippen LogP contribution in [0.1, 0.15) is 31.4 Å². The molecule has 7 heteroatoms. The summed E-state index contributed by atoms with van der Waals surface area (Å²) < 4.78 is 2.00. The van der Waals surface area contributed by atoms with Gasteiger partial charge >= 0.3 is 0 Å². The van der Waals surface area contributed by atoms with Gasteiger partial charge in [-0.3, -0.25) is 19.7 Å². The van der Waals surface area contributed by atoms with Crippen LogP contribution in [0.15, 0.2) is 43.1 Å². The number of nitrogens with zero attached hydrogens (tertiary/aromatic N) is 4. The Kier molecular flexibility index (Phi) is 6.06. The van der Waals surface area contributed by atoms with Crippen molar-refractivity contribution in [1.29, 1.82) is 0 Å². The first-order valence-corrected chi connectivity index (χ1v) is 9.32. The highest BCUT2D eigenvalue weighted by Gasteiger charge is 2.13. The average Bonchev–Trinajstić information content (AvgIpc) is 3.16. The molecule has 0 bridgehead atoms. The zero-order chi connectivity index (χ0) is 20.1. The molecule has 7 nitrogen and oxygen atoms in total. The van der Waals surface area contributed by atoms with E-state index in [2.05, 4.69) is 34.6 Å². The Morgan fingerprint density at radius 2 is 1.75 bits per heavy atom. The van der Waals surface area contributed by atoms with Gasteiger partial charge in [0.15, 0.2) is 5.82 Å². The monoisotopic (exact) mass is 378 g/mol. The third kappa shape index (κ3) is 3.75. The Balaban J connectivity index is 0.000000706. The number of nitrogens with one attached hydrogen (secondary N) is 2. The van der Waals surface area contributed by atoms with Gasteiger partial charge in [-0.15, -0.1) is 0 Å². The molecular formula is C21H26N6O. The zero-order valence-corrected chi connectivity index (χ0v) is 16.9. The molecule has 0 spiro atoms. The lowest BCUT2D eigenvalue weighted by Gasteiger charge is -2.15. The van der Waals surface area contributed by atoms with Crippen molar-refractivity contribution >= 4 is 33.7 Å². The van der Waals surface area contributed by atoms with Crippen LogP contribution in [0.2, 0.25) is 0 Å². The van der Waals surface area contributed by atoms with E-state index in [1.54, 1.807) is 19.6 Å². The largest absolute Gasteiger partial charge is 0.338 e. The summed E-state index contributed by atoms with van der Waals surface area (Å²) in [4.78, 5) is 18.4. The number of fused-ring (bicyclic) bond motifs is 3. The van der Waals surface area contributed by atoms with Crippen LogP contribution >= 0.6 is 0 Å². The Morgan fingerprint density at radius 1 is 1.04 bits per heavy atom. The van der Waals surface area contributed by atoms with Gasteiger partial charge in [0.2, 0.25) is 0 Å². The van der Waals surface area contributed by atoms with E-state index < -0.39 is 0 Å². The molecule has 3 heterocycles. The van der Waals surface area contributed by atoms with Gasteiger partial charge in [-0.2, -0.15) is 0 Å². The van der Waals surface area contributed by atoms with E-state index in [0.717, 1.165) is 44.9 Å². The fourth-order valence-corrected chi connectivity index (χ4v) is 3.00. The van der Waals surface area contributed by atoms with Gasteiger partial charge in [-0.25, -0.2) is 9.97 Å². The number of aryl methyl sites for hydroxylation is 2. The number of pyridine rings is 1. The van der Waals surface area contributed by atoms with Crippen molar-refractivity contribution in [2.24, 2.45) is 0 Å². The van der Waals surface area contributed by atoms with E-state index in [4.69, 9.17) is 9.82 Å². The number of anilines is 3. The molecule has 0 unspecified atom stereocenters. The minimum Gasteiger partial charge on any atom is -0.338 e. The highest BCUT2D eigenvalue weighted by molar-refractivity contribution is 5.93. The summed E-state index contributed by atoms with van der Waals surface area (Å²) in [7, 11) is 1.59. The quantitative estimate of drug-likeness (QED) is 0.485. The van der Waals surface area contributed by atoms with Gasteiger partial charge in [0.25, 0.3) is 0 Å². The number of hydrogen-bond donors (Lipinski definition) is 2. The molecule has 4 aromatic rings. The fraction of sp³-hybridized carbons (Fsp3) is 0.286. The number of para-hydroxylation sites is 1. The number of aromatic nitrogens is 4. The fourth-order valence-electron chi connectivity index (χ4n) is 3.00. The van der Waals surface area contributed by atoms with Crippen LogP contribution in [0.3, 0.4) is 0 Å². The zero-order valence-electron chi connectivity index (χ0n) is 16.9. The van der Waals surface area contributed by atoms with Crippen LogP contribution < -0.4 is 10.8 Å². The smallest absolute Gasteiger partial charge is 0.157 e. The lowest BCUT2D eigenvalue weighted by atomic mass is 10.2. The topological polar surface area (TPSA) is 76.4 Å². The van der Waals surface area contributed by atoms with E-state index in [9.17, 15) is 0 Å². The van der Waals surface area contributed by atoms with Crippen molar-refractivity contribution in [3.63, 3.8) is 0 Å². The summed E-state index contributed by atoms with van der Waals surface area (Å²) in [5.74, 6) is 0.747. The molecule has 0 aliphatic heterocycles. The van der Waals surface area contributed by atoms with Crippen molar-refractivity contribution in [3.8, 4) is 0 Å². The molecule has 28 heavy (non-hydrogen) atoms. The predicted molar refractivity (Wildman–Crippen MR) is 114 cm³/mol. The van der Waals surface area contributed by atoms with E-state index in [1.165, 1.54) is 6.42 Å². The first kappa shape index (κ1) is 19.6. The Hall–Kier alpha value is -3.19. The van der Waals surface area contributed by atoms with Crippen LogP contribution in [0, 0.1) is 13.8 Å². The van der Waals surface area contributed by atoms with Gasteiger partial charge in [-0.05, 0) is 37.1 Å². The summed E-state index contributed by atoms with van der Waals surface area (Å²) >= 11 is 0. The molecule has 146 valence electrons. The molecule has 0 saturated heterocycles. The molecule has 4 rings (SSSR count). The second kappa shape index (κ2) is 8.67. The third-order valence-electron chi connectivity index (χ3n) is 4.15. The van der Waals surface area contributed by atoms with Gasteiger partial charge in [-0.1, -0.05) is 26.3 Å². The van der Waals surface area contributed by atoms with Crippen LogP contribution in [0.25, 0.3) is 16.6 Å². The molecule has 2 N–H and O–H groups in total. The van der Waals surface area contributed by atoms with Gasteiger partial charge in [0.05, 0.1) is 36.4 Å². The molecule has 0 saturated carbocycles. The van der Waals surface area contributed by atoms with E-state index in [1.807, 2.05) is 48.8 Å². The van der Waals surface area contributed by atoms with Crippen LogP contribution in [0.4, 0.5) is 17.2 Å². The number of hydrogen-bond acceptors (Lipinski definition) is 6. The second-order valence-corrected chi connectivity index (χ2v) is 6.57. The molecule has 1 aromatic carbocycles. The van der Waals surface area contributed by atoms with E-state index >= 15 is 0 Å². The minimum absolute atomic E-state index is 0.747. The maximum absolute atomic E-state index is 5.08. The first-order valence-electron chi connectivity index (χ1n) is 9.32. The predicted octanol–water partition coefficient (Wildman–Crippen LogP) is 5.03. The maximum Gasteiger partial charge on any atom is 0.157 e. The number of benzene rings is 1. The van der Waals surface area contributed by atoms with Crippen molar-refractivity contribution < 1.29 is 4.84 Å². The average molecular weight is 378 g/mol. The summed E-state index contributed by atoms with van der Waals surface area (Å²) in [6.07, 6.45) is 8.50. The highest BCUT2D eigenvalue weighted by atomic mass is 16.6. The molecule has 0 radical (unpaired) electrons. The Labute approximate surface area is 164 Å². The second-order valence-electron chi connectivity index (χ2n) is 6.57. The SMILES string of the molecule is CCC.CONc1cccc2nc(Nc3c(C)cncc3C)c3cncn3c12. The van der Waals surface area contributed by atoms with Gasteiger partial charge < -0.3 is 5.32 Å². The molecule has 3 aromatic heterocycles. The molecule has 0 aliphatic rings. The minimum atomic E-state index is 0.747. The van der Waals surface area contributed by atoms with Gasteiger partial charge in [0.1, 0.15) is 5.52 Å². The summed E-state index contributed by atoms with van der Waals surface area (Å²) in [6.45, 7) is 8.30. The Bertz CT molecular complexity index is 1070. The summed E-state index contributed by atoms with van der Waals surface area (Å²) in [6, 6.07) is 5.84. The Morgan fingerprint density at radius 3 is 2.43 bits per heavy atom.